The maximum atomic E-state index is 12.9. The maximum absolute atomic E-state index is 12.9. The first-order chi connectivity index (χ1) is 11.6. The summed E-state index contributed by atoms with van der Waals surface area (Å²) in [6.07, 6.45) is 0.612. The largest absolute Gasteiger partial charge is 0.244 e. The molecule has 1 fully saturated rings. The predicted molar refractivity (Wildman–Crippen MR) is 102 cm³/mol. The van der Waals surface area contributed by atoms with Crippen molar-refractivity contribution in [2.24, 2.45) is 5.92 Å². The Kier molecular flexibility index (Phi) is 6.48. The van der Waals surface area contributed by atoms with Crippen molar-refractivity contribution >= 4 is 36.0 Å². The summed E-state index contributed by atoms with van der Waals surface area (Å²) >= 11 is 3.37. The smallest absolute Gasteiger partial charge is 0.211 e. The molecule has 1 aromatic carbocycles. The van der Waals surface area contributed by atoms with E-state index in [0.29, 0.717) is 29.9 Å². The highest BCUT2D eigenvalue weighted by atomic mass is 79.9. The van der Waals surface area contributed by atoms with Crippen LogP contribution in [0.4, 0.5) is 0 Å². The van der Waals surface area contributed by atoms with Gasteiger partial charge in [0.15, 0.2) is 0 Å². The zero-order valence-electron chi connectivity index (χ0n) is 14.3. The highest BCUT2D eigenvalue weighted by Gasteiger charge is 2.34. The standard InChI is InChI=1S/C16H23BrN2O4S2/c1-4-24(20,21)18-10-13-7-8-19(11-13)25(22,23)16-6-5-14(12(2)3)9-15(16)17/h4-6,9,12-13,18H,1,7-8,10-11H2,2-3H3/t13-/m1/s1. The fourth-order valence-electron chi connectivity index (χ4n) is 2.70. The fraction of sp³-hybridized carbons (Fsp3) is 0.500. The van der Waals surface area contributed by atoms with Gasteiger partial charge in [-0.3, -0.25) is 0 Å². The molecule has 9 heteroatoms. The lowest BCUT2D eigenvalue weighted by molar-refractivity contribution is 0.454. The second-order valence-corrected chi connectivity index (χ2v) is 10.9. The van der Waals surface area contributed by atoms with Crippen LogP contribution in [0, 0.1) is 5.92 Å². The molecule has 1 aromatic rings. The van der Waals surface area contributed by atoms with Gasteiger partial charge in [-0.1, -0.05) is 26.5 Å². The van der Waals surface area contributed by atoms with E-state index in [1.807, 2.05) is 26.0 Å². The summed E-state index contributed by atoms with van der Waals surface area (Å²) in [7, 11) is -7.11. The molecule has 1 atom stereocenters. The molecule has 6 nitrogen and oxygen atoms in total. The molecule has 1 saturated heterocycles. The number of nitrogens with one attached hydrogen (secondary N) is 1. The lowest BCUT2D eigenvalue weighted by Gasteiger charge is -2.18. The first-order valence-corrected chi connectivity index (χ1v) is 11.8. The average Bonchev–Trinajstić information content (AvgIpc) is 3.02. The summed E-state index contributed by atoms with van der Waals surface area (Å²) in [6.45, 7) is 8.20. The van der Waals surface area contributed by atoms with Crippen LogP contribution >= 0.6 is 15.9 Å². The van der Waals surface area contributed by atoms with Crippen LogP contribution in [0.1, 0.15) is 31.7 Å². The first-order valence-electron chi connectivity index (χ1n) is 7.98. The lowest BCUT2D eigenvalue weighted by Crippen LogP contribution is -2.32. The van der Waals surface area contributed by atoms with Crippen molar-refractivity contribution < 1.29 is 16.8 Å². The van der Waals surface area contributed by atoms with E-state index in [1.54, 1.807) is 6.07 Å². The molecule has 2 rings (SSSR count). The van der Waals surface area contributed by atoms with Crippen molar-refractivity contribution in [3.63, 3.8) is 0 Å². The van der Waals surface area contributed by atoms with Gasteiger partial charge in [0, 0.05) is 29.5 Å². The van der Waals surface area contributed by atoms with E-state index in [9.17, 15) is 16.8 Å². The van der Waals surface area contributed by atoms with Crippen molar-refractivity contribution in [1.82, 2.24) is 9.03 Å². The zero-order chi connectivity index (χ0) is 18.8. The van der Waals surface area contributed by atoms with Gasteiger partial charge in [0.25, 0.3) is 0 Å². The summed E-state index contributed by atoms with van der Waals surface area (Å²) in [5.74, 6) is 0.250. The number of benzene rings is 1. The van der Waals surface area contributed by atoms with Gasteiger partial charge in [-0.15, -0.1) is 0 Å². The van der Waals surface area contributed by atoms with Gasteiger partial charge in [-0.25, -0.2) is 21.6 Å². The molecular weight excluding hydrogens is 428 g/mol. The van der Waals surface area contributed by atoms with E-state index >= 15 is 0 Å². The Morgan fingerprint density at radius 3 is 2.60 bits per heavy atom. The molecule has 1 aliphatic heterocycles. The van der Waals surface area contributed by atoms with Gasteiger partial charge in [0.2, 0.25) is 20.0 Å². The van der Waals surface area contributed by atoms with Crippen LogP contribution in [0.5, 0.6) is 0 Å². The van der Waals surface area contributed by atoms with E-state index < -0.39 is 20.0 Å². The second kappa shape index (κ2) is 7.87. The first kappa shape index (κ1) is 20.6. The van der Waals surface area contributed by atoms with Crippen LogP contribution in [0.3, 0.4) is 0 Å². The molecule has 25 heavy (non-hydrogen) atoms. The molecule has 0 bridgehead atoms. The Bertz CT molecular complexity index is 851. The SMILES string of the molecule is C=CS(=O)(=O)NC[C@H]1CCN(S(=O)(=O)c2ccc(C(C)C)cc2Br)C1. The van der Waals surface area contributed by atoms with E-state index in [2.05, 4.69) is 27.2 Å². The third kappa shape index (κ3) is 4.91. The number of sulfonamides is 2. The van der Waals surface area contributed by atoms with Crippen LogP contribution < -0.4 is 4.72 Å². The summed E-state index contributed by atoms with van der Waals surface area (Å²) in [6, 6.07) is 5.29. The average molecular weight is 451 g/mol. The van der Waals surface area contributed by atoms with Crippen LogP contribution in [0.25, 0.3) is 0 Å². The van der Waals surface area contributed by atoms with Crippen LogP contribution in [0.15, 0.2) is 39.6 Å². The number of hydrogen-bond acceptors (Lipinski definition) is 4. The van der Waals surface area contributed by atoms with Gasteiger partial charge in [-0.05, 0) is 51.9 Å². The van der Waals surface area contributed by atoms with E-state index in [1.165, 1.54) is 4.31 Å². The van der Waals surface area contributed by atoms with Crippen molar-refractivity contribution in [1.29, 1.82) is 0 Å². The van der Waals surface area contributed by atoms with Crippen LogP contribution in [-0.4, -0.2) is 40.8 Å². The zero-order valence-corrected chi connectivity index (χ0v) is 17.5. The molecule has 1 heterocycles. The molecule has 140 valence electrons. The lowest BCUT2D eigenvalue weighted by atomic mass is 10.0. The molecule has 0 unspecified atom stereocenters. The number of nitrogens with zero attached hydrogens (tertiary/aromatic N) is 1. The Hall–Kier alpha value is -0.740. The normalized spacial score (nSPS) is 19.4. The Morgan fingerprint density at radius 1 is 1.36 bits per heavy atom. The van der Waals surface area contributed by atoms with Crippen molar-refractivity contribution in [2.45, 2.75) is 31.1 Å². The Balaban J connectivity index is 2.12. The monoisotopic (exact) mass is 450 g/mol. The van der Waals surface area contributed by atoms with Gasteiger partial charge in [0.1, 0.15) is 0 Å². The van der Waals surface area contributed by atoms with E-state index in [0.717, 1.165) is 11.0 Å². The third-order valence-corrected chi connectivity index (χ3v) is 8.13. The highest BCUT2D eigenvalue weighted by Crippen LogP contribution is 2.31. The summed E-state index contributed by atoms with van der Waals surface area (Å²) in [5, 5.41) is 0.851. The van der Waals surface area contributed by atoms with Crippen molar-refractivity contribution in [3.05, 3.63) is 40.2 Å². The quantitative estimate of drug-likeness (QED) is 0.691. The molecule has 0 amide bonds. The highest BCUT2D eigenvalue weighted by molar-refractivity contribution is 9.10. The van der Waals surface area contributed by atoms with Gasteiger partial charge in [-0.2, -0.15) is 4.31 Å². The number of hydrogen-bond donors (Lipinski definition) is 1. The Labute approximate surface area is 158 Å². The molecule has 0 radical (unpaired) electrons. The molecule has 0 saturated carbocycles. The molecule has 0 aliphatic carbocycles. The molecule has 0 aromatic heterocycles. The minimum absolute atomic E-state index is 0.0572. The second-order valence-electron chi connectivity index (χ2n) is 6.42. The molecule has 1 N–H and O–H groups in total. The summed E-state index contributed by atoms with van der Waals surface area (Å²) in [4.78, 5) is 0.240. The third-order valence-electron chi connectivity index (χ3n) is 4.28. The minimum atomic E-state index is -3.62. The van der Waals surface area contributed by atoms with E-state index in [4.69, 9.17) is 0 Å². The molecule has 1 aliphatic rings. The summed E-state index contributed by atoms with van der Waals surface area (Å²) < 4.78 is 53.0. The van der Waals surface area contributed by atoms with Crippen LogP contribution in [0.2, 0.25) is 0 Å². The predicted octanol–water partition coefficient (Wildman–Crippen LogP) is 2.65. The Morgan fingerprint density at radius 2 is 2.04 bits per heavy atom. The van der Waals surface area contributed by atoms with E-state index in [-0.39, 0.29) is 17.4 Å². The van der Waals surface area contributed by atoms with Crippen molar-refractivity contribution in [3.8, 4) is 0 Å². The maximum Gasteiger partial charge on any atom is 0.244 e. The van der Waals surface area contributed by atoms with Gasteiger partial charge < -0.3 is 0 Å². The van der Waals surface area contributed by atoms with Crippen molar-refractivity contribution in [2.75, 3.05) is 19.6 Å². The van der Waals surface area contributed by atoms with Gasteiger partial charge in [0.05, 0.1) is 4.90 Å². The fourth-order valence-corrected chi connectivity index (χ4v) is 5.87. The van der Waals surface area contributed by atoms with Gasteiger partial charge >= 0.3 is 0 Å². The topological polar surface area (TPSA) is 83.6 Å². The number of halogens is 1. The van der Waals surface area contributed by atoms with Crippen LogP contribution in [-0.2, 0) is 20.0 Å². The minimum Gasteiger partial charge on any atom is -0.211 e. The summed E-state index contributed by atoms with van der Waals surface area (Å²) in [5.41, 5.74) is 1.06. The molecular formula is C16H23BrN2O4S2. The molecule has 0 spiro atoms. The number of rotatable bonds is 7.